The zero-order chi connectivity index (χ0) is 18.0. The summed E-state index contributed by atoms with van der Waals surface area (Å²) in [6, 6.07) is 10.1. The van der Waals surface area contributed by atoms with Crippen molar-refractivity contribution < 1.29 is 9.47 Å². The van der Waals surface area contributed by atoms with E-state index in [1.165, 1.54) is 4.90 Å². The maximum atomic E-state index is 6.28. The molecule has 0 fully saturated rings. The summed E-state index contributed by atoms with van der Waals surface area (Å²) in [6.07, 6.45) is 1.04. The number of hydrogen-bond donors (Lipinski definition) is 0. The van der Waals surface area contributed by atoms with Crippen molar-refractivity contribution >= 4 is 34.7 Å². The predicted octanol–water partition coefficient (Wildman–Crippen LogP) is 4.91. The molecule has 3 rings (SSSR count). The number of anilines is 2. The molecule has 2 aromatic rings. The third-order valence-electron chi connectivity index (χ3n) is 4.16. The molecule has 1 aliphatic heterocycles. The van der Waals surface area contributed by atoms with Crippen molar-refractivity contribution in [2.75, 3.05) is 46.3 Å². The van der Waals surface area contributed by atoms with Crippen LogP contribution in [0.25, 0.3) is 0 Å². The fourth-order valence-corrected chi connectivity index (χ4v) is 4.28. The van der Waals surface area contributed by atoms with Crippen LogP contribution in [0.4, 0.5) is 11.4 Å². The first-order chi connectivity index (χ1) is 12.0. The van der Waals surface area contributed by atoms with Crippen LogP contribution in [-0.4, -0.2) is 46.3 Å². The van der Waals surface area contributed by atoms with E-state index in [4.69, 9.17) is 21.1 Å². The van der Waals surface area contributed by atoms with Crippen LogP contribution in [-0.2, 0) is 0 Å². The molecule has 0 saturated carbocycles. The lowest BCUT2D eigenvalue weighted by Gasteiger charge is -2.34. The van der Waals surface area contributed by atoms with E-state index in [1.54, 1.807) is 26.0 Å². The summed E-state index contributed by atoms with van der Waals surface area (Å²) in [5.74, 6) is 1.62. The van der Waals surface area contributed by atoms with Crippen LogP contribution in [0.1, 0.15) is 6.42 Å². The molecule has 1 heterocycles. The number of halogens is 1. The Morgan fingerprint density at radius 2 is 1.88 bits per heavy atom. The van der Waals surface area contributed by atoms with Gasteiger partial charge in [0.1, 0.15) is 11.5 Å². The highest BCUT2D eigenvalue weighted by Crippen LogP contribution is 2.53. The molecule has 4 nitrogen and oxygen atoms in total. The lowest BCUT2D eigenvalue weighted by molar-refractivity contribution is 0.390. The molecule has 0 atom stereocenters. The van der Waals surface area contributed by atoms with Gasteiger partial charge in [0.15, 0.2) is 0 Å². The van der Waals surface area contributed by atoms with Gasteiger partial charge >= 0.3 is 0 Å². The topological polar surface area (TPSA) is 24.9 Å². The van der Waals surface area contributed by atoms with E-state index in [0.717, 1.165) is 52.3 Å². The van der Waals surface area contributed by atoms with Gasteiger partial charge in [0.2, 0.25) is 0 Å². The monoisotopic (exact) mass is 378 g/mol. The smallest absolute Gasteiger partial charge is 0.147 e. The Bertz CT molecular complexity index is 767. The van der Waals surface area contributed by atoms with E-state index in [-0.39, 0.29) is 0 Å². The molecule has 0 unspecified atom stereocenters. The molecule has 0 amide bonds. The summed E-state index contributed by atoms with van der Waals surface area (Å²) in [4.78, 5) is 6.84. The van der Waals surface area contributed by atoms with Crippen LogP contribution in [0.15, 0.2) is 40.1 Å². The summed E-state index contributed by atoms with van der Waals surface area (Å²) in [5, 5.41) is 0.743. The van der Waals surface area contributed by atoms with Gasteiger partial charge in [-0.1, -0.05) is 23.4 Å². The fourth-order valence-electron chi connectivity index (χ4n) is 2.98. The minimum absolute atomic E-state index is 0.743. The minimum Gasteiger partial charge on any atom is -0.497 e. The van der Waals surface area contributed by atoms with Crippen molar-refractivity contribution in [2.45, 2.75) is 16.2 Å². The number of nitrogens with zero attached hydrogens (tertiary/aromatic N) is 2. The van der Waals surface area contributed by atoms with Gasteiger partial charge in [-0.15, -0.1) is 0 Å². The Hall–Kier alpha value is -1.56. The second-order valence-corrected chi connectivity index (χ2v) is 7.72. The van der Waals surface area contributed by atoms with Crippen molar-refractivity contribution in [3.63, 3.8) is 0 Å². The number of hydrogen-bond acceptors (Lipinski definition) is 5. The third-order valence-corrected chi connectivity index (χ3v) is 5.49. The highest BCUT2D eigenvalue weighted by Gasteiger charge is 2.27. The van der Waals surface area contributed by atoms with Gasteiger partial charge in [0.05, 0.1) is 25.6 Å². The van der Waals surface area contributed by atoms with Gasteiger partial charge in [-0.2, -0.15) is 0 Å². The summed E-state index contributed by atoms with van der Waals surface area (Å²) >= 11 is 8.00. The quantitative estimate of drug-likeness (QED) is 0.711. The zero-order valence-electron chi connectivity index (χ0n) is 15.0. The molecule has 0 N–H and O–H groups in total. The summed E-state index contributed by atoms with van der Waals surface area (Å²) in [7, 11) is 7.56. The zero-order valence-corrected chi connectivity index (χ0v) is 16.6. The van der Waals surface area contributed by atoms with Crippen molar-refractivity contribution in [1.82, 2.24) is 4.90 Å². The highest BCUT2D eigenvalue weighted by atomic mass is 35.5. The summed E-state index contributed by atoms with van der Waals surface area (Å²) in [6.45, 7) is 1.91. The molecule has 0 bridgehead atoms. The minimum atomic E-state index is 0.743. The molecule has 1 aliphatic rings. The van der Waals surface area contributed by atoms with Gasteiger partial charge in [-0.05, 0) is 51.3 Å². The Morgan fingerprint density at radius 1 is 1.08 bits per heavy atom. The van der Waals surface area contributed by atoms with E-state index in [0.29, 0.717) is 0 Å². The molecule has 0 radical (unpaired) electrons. The molecule has 0 aliphatic carbocycles. The van der Waals surface area contributed by atoms with Crippen LogP contribution >= 0.6 is 23.4 Å². The summed E-state index contributed by atoms with van der Waals surface area (Å²) < 4.78 is 11.1. The lowest BCUT2D eigenvalue weighted by atomic mass is 10.2. The molecule has 25 heavy (non-hydrogen) atoms. The maximum absolute atomic E-state index is 6.28. The van der Waals surface area contributed by atoms with Crippen molar-refractivity contribution in [1.29, 1.82) is 0 Å². The number of ether oxygens (including phenoxy) is 2. The molecular formula is C19H23ClN2O2S. The molecule has 0 aromatic heterocycles. The second kappa shape index (κ2) is 7.77. The average molecular weight is 379 g/mol. The Labute approximate surface area is 158 Å². The molecule has 2 aromatic carbocycles. The first-order valence-corrected chi connectivity index (χ1v) is 9.38. The van der Waals surface area contributed by atoms with Crippen LogP contribution < -0.4 is 14.4 Å². The van der Waals surface area contributed by atoms with Crippen molar-refractivity contribution in [3.05, 3.63) is 35.4 Å². The van der Waals surface area contributed by atoms with Crippen LogP contribution in [0, 0.1) is 0 Å². The average Bonchev–Trinajstić information content (AvgIpc) is 2.60. The number of methoxy groups -OCH3 is 2. The van der Waals surface area contributed by atoms with E-state index in [1.807, 2.05) is 18.2 Å². The normalized spacial score (nSPS) is 12.8. The lowest BCUT2D eigenvalue weighted by Crippen LogP contribution is -2.26. The molecular weight excluding hydrogens is 356 g/mol. The molecule has 6 heteroatoms. The van der Waals surface area contributed by atoms with Crippen LogP contribution in [0.2, 0.25) is 5.02 Å². The molecule has 134 valence electrons. The largest absolute Gasteiger partial charge is 0.497 e. The van der Waals surface area contributed by atoms with E-state index < -0.39 is 0 Å². The molecule has 0 spiro atoms. The first-order valence-electron chi connectivity index (χ1n) is 8.19. The van der Waals surface area contributed by atoms with Gasteiger partial charge in [-0.3, -0.25) is 0 Å². The van der Waals surface area contributed by atoms with Gasteiger partial charge in [0, 0.05) is 27.4 Å². The maximum Gasteiger partial charge on any atom is 0.147 e. The first kappa shape index (κ1) is 18.2. The van der Waals surface area contributed by atoms with E-state index >= 15 is 0 Å². The van der Waals surface area contributed by atoms with Crippen LogP contribution in [0.5, 0.6) is 11.5 Å². The van der Waals surface area contributed by atoms with Gasteiger partial charge < -0.3 is 19.3 Å². The van der Waals surface area contributed by atoms with Crippen LogP contribution in [0.3, 0.4) is 0 Å². The predicted molar refractivity (Wildman–Crippen MR) is 105 cm³/mol. The van der Waals surface area contributed by atoms with E-state index in [9.17, 15) is 0 Å². The number of fused-ring (bicyclic) bond motifs is 2. The molecule has 0 saturated heterocycles. The fraction of sp³-hybridized carbons (Fsp3) is 0.368. The van der Waals surface area contributed by atoms with Gasteiger partial charge in [0.25, 0.3) is 0 Å². The highest BCUT2D eigenvalue weighted by molar-refractivity contribution is 7.99. The summed E-state index contributed by atoms with van der Waals surface area (Å²) in [5.41, 5.74) is 2.22. The SMILES string of the molecule is COc1cc(OC)c2c(c1)Sc1ccc(Cl)cc1N2CCCN(C)C. The second-order valence-electron chi connectivity index (χ2n) is 6.20. The number of rotatable bonds is 6. The van der Waals surface area contributed by atoms with Crippen molar-refractivity contribution in [3.8, 4) is 11.5 Å². The number of benzene rings is 2. The standard InChI is InChI=1S/C19H23ClN2O2S/c1-21(2)8-5-9-22-15-10-13(20)6-7-17(15)25-18-12-14(23-3)11-16(24-4)19(18)22/h6-7,10-12H,5,8-9H2,1-4H3. The third kappa shape index (κ3) is 3.84. The Balaban J connectivity index is 2.07. The Kier molecular flexibility index (Phi) is 5.67. The van der Waals surface area contributed by atoms with Gasteiger partial charge in [-0.25, -0.2) is 0 Å². The van der Waals surface area contributed by atoms with E-state index in [2.05, 4.69) is 36.0 Å². The van der Waals surface area contributed by atoms with Crippen molar-refractivity contribution in [2.24, 2.45) is 0 Å². The Morgan fingerprint density at radius 3 is 2.56 bits per heavy atom.